The van der Waals surface area contributed by atoms with Gasteiger partial charge < -0.3 is 5.11 Å². The van der Waals surface area contributed by atoms with E-state index >= 15 is 0 Å². The summed E-state index contributed by atoms with van der Waals surface area (Å²) in [6.07, 6.45) is 7.46. The van der Waals surface area contributed by atoms with E-state index in [2.05, 4.69) is 23.1 Å². The number of benzene rings is 2. The van der Waals surface area contributed by atoms with Crippen LogP contribution in [0.3, 0.4) is 0 Å². The van der Waals surface area contributed by atoms with Crippen LogP contribution in [0.1, 0.15) is 57.2 Å². The van der Waals surface area contributed by atoms with Crippen LogP contribution in [0.5, 0.6) is 0 Å². The number of carbonyl (C=O) groups is 1. The first kappa shape index (κ1) is 17.9. The number of amides is 1. The molecule has 27 heavy (non-hydrogen) atoms. The molecule has 1 aliphatic heterocycles. The Labute approximate surface area is 158 Å². The summed E-state index contributed by atoms with van der Waals surface area (Å²) < 4.78 is 0. The number of nitrogens with zero attached hydrogens (tertiary/aromatic N) is 1. The Morgan fingerprint density at radius 2 is 2.00 bits per heavy atom. The lowest BCUT2D eigenvalue weighted by Gasteiger charge is -2.29. The molecule has 5 nitrogen and oxygen atoms in total. The predicted molar refractivity (Wildman–Crippen MR) is 103 cm³/mol. The van der Waals surface area contributed by atoms with Gasteiger partial charge in [0.1, 0.15) is 6.23 Å². The minimum atomic E-state index is -0.658. The third kappa shape index (κ3) is 3.54. The summed E-state index contributed by atoms with van der Waals surface area (Å²) in [7, 11) is 0. The number of allylic oxidation sites excluding steroid dienone is 1. The van der Waals surface area contributed by atoms with Gasteiger partial charge in [0.05, 0.1) is 0 Å². The van der Waals surface area contributed by atoms with Crippen LogP contribution in [0.4, 0.5) is 0 Å². The number of hydrogen-bond donors (Lipinski definition) is 3. The normalized spacial score (nSPS) is 17.6. The van der Waals surface area contributed by atoms with Crippen LogP contribution in [0.15, 0.2) is 42.5 Å². The number of aryl methyl sites for hydroxylation is 2. The summed E-state index contributed by atoms with van der Waals surface area (Å²) in [6.45, 7) is 1.41. The van der Waals surface area contributed by atoms with Crippen molar-refractivity contribution in [1.29, 1.82) is 0 Å². The Morgan fingerprint density at radius 1 is 1.11 bits per heavy atom. The van der Waals surface area contributed by atoms with Gasteiger partial charge in [0, 0.05) is 24.2 Å². The number of aliphatic hydroxyl groups excluding tert-OH is 1. The van der Waals surface area contributed by atoms with Gasteiger partial charge in [-0.1, -0.05) is 36.4 Å². The maximum Gasteiger partial charge on any atom is 0.274 e. The van der Waals surface area contributed by atoms with E-state index in [1.165, 1.54) is 5.56 Å². The number of aliphatic hydroxyl groups is 1. The van der Waals surface area contributed by atoms with Gasteiger partial charge in [0.2, 0.25) is 0 Å². The van der Waals surface area contributed by atoms with Crippen molar-refractivity contribution < 1.29 is 15.1 Å². The molecule has 1 aliphatic carbocycles. The van der Waals surface area contributed by atoms with Crippen molar-refractivity contribution in [2.75, 3.05) is 6.54 Å². The fourth-order valence-corrected chi connectivity index (χ4v) is 4.11. The topological polar surface area (TPSA) is 72.8 Å². The smallest absolute Gasteiger partial charge is 0.274 e. The predicted octanol–water partition coefficient (Wildman–Crippen LogP) is 3.20. The summed E-state index contributed by atoms with van der Waals surface area (Å²) in [5, 5.41) is 20.0. The monoisotopic (exact) mass is 364 g/mol. The van der Waals surface area contributed by atoms with Crippen LogP contribution in [0.25, 0.3) is 6.08 Å². The number of hydroxylamine groups is 1. The highest BCUT2D eigenvalue weighted by Crippen LogP contribution is 2.31. The second-order valence-electron chi connectivity index (χ2n) is 7.23. The highest BCUT2D eigenvalue weighted by molar-refractivity contribution is 5.93. The van der Waals surface area contributed by atoms with Gasteiger partial charge >= 0.3 is 0 Å². The summed E-state index contributed by atoms with van der Waals surface area (Å²) in [6, 6.07) is 11.7. The van der Waals surface area contributed by atoms with Crippen LogP contribution in [-0.4, -0.2) is 27.7 Å². The first-order chi connectivity index (χ1) is 13.2. The average molecular weight is 364 g/mol. The molecule has 1 unspecified atom stereocenters. The summed E-state index contributed by atoms with van der Waals surface area (Å²) >= 11 is 0. The summed E-state index contributed by atoms with van der Waals surface area (Å²) in [4.78, 5) is 13.8. The van der Waals surface area contributed by atoms with E-state index in [4.69, 9.17) is 5.21 Å². The summed E-state index contributed by atoms with van der Waals surface area (Å²) in [5.74, 6) is -0.498. The largest absolute Gasteiger partial charge is 0.374 e. The van der Waals surface area contributed by atoms with Gasteiger partial charge in [-0.05, 0) is 60.1 Å². The number of hydrogen-bond acceptors (Lipinski definition) is 4. The molecular weight excluding hydrogens is 340 g/mol. The molecule has 4 rings (SSSR count). The Bertz CT molecular complexity index is 891. The minimum Gasteiger partial charge on any atom is -0.374 e. The van der Waals surface area contributed by atoms with Crippen molar-refractivity contribution in [3.63, 3.8) is 0 Å². The number of carbonyl (C=O) groups excluding carboxylic acids is 1. The Balaban J connectivity index is 1.61. The van der Waals surface area contributed by atoms with E-state index in [1.807, 2.05) is 24.3 Å². The third-order valence-corrected chi connectivity index (χ3v) is 5.55. The van der Waals surface area contributed by atoms with Crippen molar-refractivity contribution in [2.45, 2.75) is 38.5 Å². The molecular formula is C22H24N2O3. The molecule has 3 N–H and O–H groups in total. The van der Waals surface area contributed by atoms with E-state index in [-0.39, 0.29) is 0 Å². The third-order valence-electron chi connectivity index (χ3n) is 5.55. The molecule has 0 aromatic heterocycles. The van der Waals surface area contributed by atoms with Crippen molar-refractivity contribution in [1.82, 2.24) is 10.4 Å². The molecule has 2 aromatic carbocycles. The van der Waals surface area contributed by atoms with Gasteiger partial charge in [0.15, 0.2) is 0 Å². The Morgan fingerprint density at radius 3 is 2.85 bits per heavy atom. The maximum atomic E-state index is 11.7. The molecule has 0 saturated carbocycles. The molecule has 0 bridgehead atoms. The van der Waals surface area contributed by atoms with E-state index in [9.17, 15) is 9.90 Å². The van der Waals surface area contributed by atoms with Gasteiger partial charge in [-0.15, -0.1) is 0 Å². The fourth-order valence-electron chi connectivity index (χ4n) is 4.11. The van der Waals surface area contributed by atoms with Crippen molar-refractivity contribution in [2.24, 2.45) is 0 Å². The van der Waals surface area contributed by atoms with Gasteiger partial charge in [-0.25, -0.2) is 5.48 Å². The first-order valence-corrected chi connectivity index (χ1v) is 9.44. The minimum absolute atomic E-state index is 0.451. The van der Waals surface area contributed by atoms with E-state index in [0.29, 0.717) is 12.1 Å². The Kier molecular flexibility index (Phi) is 5.07. The SMILES string of the molecule is O=C(NO)c1ccc2c(c1)CCCN(C(O)c1cccc3c1C=CCC3)C2. The van der Waals surface area contributed by atoms with Gasteiger partial charge in [-0.2, -0.15) is 0 Å². The molecule has 140 valence electrons. The lowest BCUT2D eigenvalue weighted by Crippen LogP contribution is -2.29. The molecule has 0 saturated heterocycles. The first-order valence-electron chi connectivity index (χ1n) is 9.44. The number of fused-ring (bicyclic) bond motifs is 2. The molecule has 1 atom stereocenters. The highest BCUT2D eigenvalue weighted by atomic mass is 16.5. The van der Waals surface area contributed by atoms with Crippen LogP contribution in [0, 0.1) is 0 Å². The van der Waals surface area contributed by atoms with Gasteiger partial charge in [0.25, 0.3) is 5.91 Å². The van der Waals surface area contributed by atoms with Gasteiger partial charge in [-0.3, -0.25) is 14.9 Å². The molecule has 1 amide bonds. The molecule has 2 aliphatic rings. The molecule has 0 radical (unpaired) electrons. The zero-order chi connectivity index (χ0) is 18.8. The average Bonchev–Trinajstić information content (AvgIpc) is 2.94. The van der Waals surface area contributed by atoms with Crippen molar-refractivity contribution in [3.05, 3.63) is 75.9 Å². The zero-order valence-electron chi connectivity index (χ0n) is 15.2. The van der Waals surface area contributed by atoms with Crippen molar-refractivity contribution >= 4 is 12.0 Å². The second-order valence-corrected chi connectivity index (χ2v) is 7.23. The van der Waals surface area contributed by atoms with E-state index in [1.54, 1.807) is 11.5 Å². The number of nitrogens with one attached hydrogen (secondary N) is 1. The van der Waals surface area contributed by atoms with E-state index < -0.39 is 12.1 Å². The fraction of sp³-hybridized carbons (Fsp3) is 0.318. The lowest BCUT2D eigenvalue weighted by atomic mass is 9.92. The molecule has 1 heterocycles. The maximum absolute atomic E-state index is 11.7. The molecule has 0 fully saturated rings. The standard InChI is InChI=1S/C22H24N2O3/c25-21(23-27)17-10-11-18-14-24(12-4-7-16(18)13-17)22(26)20-9-3-6-15-5-1-2-8-19(15)20/h2-3,6,8-11,13,22,26-27H,1,4-5,7,12,14H2,(H,23,25). The van der Waals surface area contributed by atoms with Crippen molar-refractivity contribution in [3.8, 4) is 0 Å². The Hall–Kier alpha value is -2.47. The lowest BCUT2D eigenvalue weighted by molar-refractivity contribution is -0.00354. The zero-order valence-corrected chi connectivity index (χ0v) is 15.2. The van der Waals surface area contributed by atoms with Crippen LogP contribution < -0.4 is 5.48 Å². The van der Waals surface area contributed by atoms with E-state index in [0.717, 1.165) is 54.5 Å². The molecule has 5 heteroatoms. The second kappa shape index (κ2) is 7.64. The quantitative estimate of drug-likeness (QED) is 0.578. The number of rotatable bonds is 3. The van der Waals surface area contributed by atoms with Crippen LogP contribution in [-0.2, 0) is 19.4 Å². The van der Waals surface area contributed by atoms with Crippen LogP contribution in [0.2, 0.25) is 0 Å². The molecule has 0 spiro atoms. The summed E-state index contributed by atoms with van der Waals surface area (Å²) in [5.41, 5.74) is 7.75. The van der Waals surface area contributed by atoms with Crippen LogP contribution >= 0.6 is 0 Å². The highest BCUT2D eigenvalue weighted by Gasteiger charge is 2.24. The molecule has 2 aromatic rings.